The summed E-state index contributed by atoms with van der Waals surface area (Å²) in [6.07, 6.45) is 2.74. The third-order valence-corrected chi connectivity index (χ3v) is 2.30. The van der Waals surface area contributed by atoms with Crippen LogP contribution in [0.2, 0.25) is 0 Å². The van der Waals surface area contributed by atoms with Gasteiger partial charge in [0, 0.05) is 18.3 Å². The van der Waals surface area contributed by atoms with E-state index in [-0.39, 0.29) is 5.82 Å². The second-order valence-corrected chi connectivity index (χ2v) is 3.65. The van der Waals surface area contributed by atoms with Gasteiger partial charge in [0.2, 0.25) is 0 Å². The number of hydrogen-bond donors (Lipinski definition) is 1. The van der Waals surface area contributed by atoms with Gasteiger partial charge < -0.3 is 10.5 Å². The normalized spacial score (nSPS) is 10.2. The number of benzene rings is 1. The second-order valence-electron chi connectivity index (χ2n) is 3.65. The van der Waals surface area contributed by atoms with Gasteiger partial charge in [-0.3, -0.25) is 4.98 Å². The van der Waals surface area contributed by atoms with Crippen molar-refractivity contribution in [1.82, 2.24) is 4.98 Å². The fourth-order valence-electron chi connectivity index (χ4n) is 1.46. The van der Waals surface area contributed by atoms with Gasteiger partial charge in [-0.25, -0.2) is 4.39 Å². The zero-order valence-corrected chi connectivity index (χ0v) is 9.27. The maximum absolute atomic E-state index is 12.9. The molecule has 1 aromatic heterocycles. The third-order valence-electron chi connectivity index (χ3n) is 2.30. The Hall–Kier alpha value is -1.94. The maximum atomic E-state index is 12.9. The number of aromatic nitrogens is 1. The standard InChI is InChI=1S/C13H13FN2O/c14-12-4-11(7-16-8-12)9-17-13-3-1-2-10(5-13)6-15/h1-5,7-8H,6,9,15H2. The van der Waals surface area contributed by atoms with Crippen LogP contribution >= 0.6 is 0 Å². The predicted octanol–water partition coefficient (Wildman–Crippen LogP) is 2.26. The number of pyridine rings is 1. The van der Waals surface area contributed by atoms with Crippen LogP contribution in [0.15, 0.2) is 42.7 Å². The SMILES string of the molecule is NCc1cccc(OCc2cncc(F)c2)c1. The van der Waals surface area contributed by atoms with Crippen LogP contribution in [0.4, 0.5) is 4.39 Å². The van der Waals surface area contributed by atoms with Crippen molar-refractivity contribution in [2.45, 2.75) is 13.2 Å². The Morgan fingerprint density at radius 2 is 2.06 bits per heavy atom. The fraction of sp³-hybridized carbons (Fsp3) is 0.154. The van der Waals surface area contributed by atoms with Crippen LogP contribution < -0.4 is 10.5 Å². The molecule has 3 nitrogen and oxygen atoms in total. The van der Waals surface area contributed by atoms with E-state index >= 15 is 0 Å². The van der Waals surface area contributed by atoms with Gasteiger partial charge in [-0.15, -0.1) is 0 Å². The molecule has 0 aliphatic heterocycles. The summed E-state index contributed by atoms with van der Waals surface area (Å²) in [5.41, 5.74) is 7.23. The lowest BCUT2D eigenvalue weighted by Crippen LogP contribution is -1.99. The highest BCUT2D eigenvalue weighted by molar-refractivity contribution is 5.28. The summed E-state index contributed by atoms with van der Waals surface area (Å²) in [5.74, 6) is 0.360. The monoisotopic (exact) mass is 232 g/mol. The van der Waals surface area contributed by atoms with Crippen molar-refractivity contribution in [3.8, 4) is 5.75 Å². The average molecular weight is 232 g/mol. The number of ether oxygens (including phenoxy) is 1. The minimum atomic E-state index is -0.359. The molecule has 0 radical (unpaired) electrons. The van der Waals surface area contributed by atoms with Crippen molar-refractivity contribution in [3.05, 3.63) is 59.7 Å². The van der Waals surface area contributed by atoms with E-state index in [1.54, 1.807) is 6.20 Å². The summed E-state index contributed by atoms with van der Waals surface area (Å²) in [6.45, 7) is 0.761. The van der Waals surface area contributed by atoms with Crippen LogP contribution in [0.1, 0.15) is 11.1 Å². The smallest absolute Gasteiger partial charge is 0.141 e. The molecule has 4 heteroatoms. The molecule has 0 fully saturated rings. The predicted molar refractivity (Wildman–Crippen MR) is 62.9 cm³/mol. The molecule has 1 aromatic carbocycles. The fourth-order valence-corrected chi connectivity index (χ4v) is 1.46. The minimum absolute atomic E-state index is 0.290. The first-order valence-corrected chi connectivity index (χ1v) is 5.29. The van der Waals surface area contributed by atoms with Crippen LogP contribution in [0.3, 0.4) is 0 Å². The Bertz CT molecular complexity index is 502. The van der Waals surface area contributed by atoms with Crippen molar-refractivity contribution in [2.24, 2.45) is 5.73 Å². The summed E-state index contributed by atoms with van der Waals surface area (Å²) in [7, 11) is 0. The molecule has 0 saturated carbocycles. The van der Waals surface area contributed by atoms with Gasteiger partial charge in [-0.05, 0) is 23.8 Å². The number of halogens is 1. The first-order valence-electron chi connectivity index (χ1n) is 5.29. The molecule has 0 amide bonds. The molecular weight excluding hydrogens is 219 g/mol. The lowest BCUT2D eigenvalue weighted by molar-refractivity contribution is 0.304. The number of rotatable bonds is 4. The van der Waals surface area contributed by atoms with Crippen molar-refractivity contribution < 1.29 is 9.13 Å². The molecular formula is C13H13FN2O. The zero-order chi connectivity index (χ0) is 12.1. The van der Waals surface area contributed by atoms with E-state index in [4.69, 9.17) is 10.5 Å². The zero-order valence-electron chi connectivity index (χ0n) is 9.27. The van der Waals surface area contributed by atoms with Crippen LogP contribution in [0, 0.1) is 5.82 Å². The van der Waals surface area contributed by atoms with Gasteiger partial charge in [-0.2, -0.15) is 0 Å². The van der Waals surface area contributed by atoms with Gasteiger partial charge >= 0.3 is 0 Å². The molecule has 0 unspecified atom stereocenters. The van der Waals surface area contributed by atoms with E-state index < -0.39 is 0 Å². The molecule has 0 aliphatic carbocycles. The van der Waals surface area contributed by atoms with Crippen molar-refractivity contribution in [1.29, 1.82) is 0 Å². The van der Waals surface area contributed by atoms with Gasteiger partial charge in [0.25, 0.3) is 0 Å². The van der Waals surface area contributed by atoms with Crippen molar-refractivity contribution >= 4 is 0 Å². The Labute approximate surface area is 99.1 Å². The van der Waals surface area contributed by atoms with Crippen LogP contribution in [0.5, 0.6) is 5.75 Å². The topological polar surface area (TPSA) is 48.1 Å². The van der Waals surface area contributed by atoms with Crippen molar-refractivity contribution in [2.75, 3.05) is 0 Å². The van der Waals surface area contributed by atoms with E-state index in [0.29, 0.717) is 18.7 Å². The average Bonchev–Trinajstić information content (AvgIpc) is 2.37. The molecule has 0 saturated heterocycles. The second kappa shape index (κ2) is 5.41. The molecule has 1 heterocycles. The molecule has 17 heavy (non-hydrogen) atoms. The molecule has 0 aliphatic rings. The largest absolute Gasteiger partial charge is 0.489 e. The van der Waals surface area contributed by atoms with E-state index in [1.165, 1.54) is 12.3 Å². The maximum Gasteiger partial charge on any atom is 0.141 e. The number of nitrogens with two attached hydrogens (primary N) is 1. The Morgan fingerprint density at radius 1 is 1.18 bits per heavy atom. The summed E-state index contributed by atoms with van der Waals surface area (Å²) in [6, 6.07) is 8.91. The Kier molecular flexibility index (Phi) is 3.67. The molecule has 2 aromatic rings. The van der Waals surface area contributed by atoms with E-state index in [1.807, 2.05) is 24.3 Å². The van der Waals surface area contributed by atoms with Gasteiger partial charge in [0.05, 0.1) is 6.20 Å². The quantitative estimate of drug-likeness (QED) is 0.879. The first-order chi connectivity index (χ1) is 8.28. The van der Waals surface area contributed by atoms with E-state index in [9.17, 15) is 4.39 Å². The van der Waals surface area contributed by atoms with Crippen LogP contribution in [-0.4, -0.2) is 4.98 Å². The van der Waals surface area contributed by atoms with Crippen LogP contribution in [0.25, 0.3) is 0 Å². The summed E-state index contributed by atoms with van der Waals surface area (Å²) >= 11 is 0. The first kappa shape index (κ1) is 11.5. The number of nitrogens with zero attached hydrogens (tertiary/aromatic N) is 1. The van der Waals surface area contributed by atoms with E-state index in [2.05, 4.69) is 4.98 Å². The minimum Gasteiger partial charge on any atom is -0.489 e. The highest BCUT2D eigenvalue weighted by Crippen LogP contribution is 2.14. The van der Waals surface area contributed by atoms with E-state index in [0.717, 1.165) is 11.3 Å². The molecule has 0 spiro atoms. The summed E-state index contributed by atoms with van der Waals surface area (Å²) < 4.78 is 18.4. The highest BCUT2D eigenvalue weighted by atomic mass is 19.1. The summed E-state index contributed by atoms with van der Waals surface area (Å²) in [4.78, 5) is 3.76. The van der Waals surface area contributed by atoms with Crippen molar-refractivity contribution in [3.63, 3.8) is 0 Å². The van der Waals surface area contributed by atoms with Gasteiger partial charge in [0.15, 0.2) is 0 Å². The summed E-state index contributed by atoms with van der Waals surface area (Å²) in [5, 5.41) is 0. The third kappa shape index (κ3) is 3.26. The highest BCUT2D eigenvalue weighted by Gasteiger charge is 1.99. The molecule has 2 rings (SSSR count). The molecule has 88 valence electrons. The Morgan fingerprint density at radius 3 is 2.82 bits per heavy atom. The molecule has 2 N–H and O–H groups in total. The lowest BCUT2D eigenvalue weighted by atomic mass is 10.2. The lowest BCUT2D eigenvalue weighted by Gasteiger charge is -2.07. The van der Waals surface area contributed by atoms with Gasteiger partial charge in [-0.1, -0.05) is 12.1 Å². The molecule has 0 bridgehead atoms. The van der Waals surface area contributed by atoms with Crippen LogP contribution in [-0.2, 0) is 13.2 Å². The molecule has 0 atom stereocenters. The number of hydrogen-bond acceptors (Lipinski definition) is 3. The van der Waals surface area contributed by atoms with Gasteiger partial charge in [0.1, 0.15) is 18.2 Å². The Balaban J connectivity index is 2.02.